The van der Waals surface area contributed by atoms with Crippen LogP contribution in [0, 0.1) is 0 Å². The van der Waals surface area contributed by atoms with Crippen LogP contribution >= 0.6 is 55.4 Å². The number of carbonyl (C=O) groups is 2. The van der Waals surface area contributed by atoms with Gasteiger partial charge in [0.1, 0.15) is 0 Å². The molecule has 0 bridgehead atoms. The summed E-state index contributed by atoms with van der Waals surface area (Å²) < 4.78 is 0. The van der Waals surface area contributed by atoms with Crippen molar-refractivity contribution >= 4 is 67.2 Å². The van der Waals surface area contributed by atoms with Crippen LogP contribution in [0.2, 0.25) is 0 Å². The summed E-state index contributed by atoms with van der Waals surface area (Å²) in [7, 11) is 0. The summed E-state index contributed by atoms with van der Waals surface area (Å²) in [6.45, 7) is 1.04. The van der Waals surface area contributed by atoms with Gasteiger partial charge in [0.25, 0.3) is 0 Å². The SMILES string of the molecule is O=C(CCCCSCCBr)NCCNC(=O)CCCCSCCBr. The predicted octanol–water partition coefficient (Wildman–Crippen LogP) is 3.82. The summed E-state index contributed by atoms with van der Waals surface area (Å²) in [6, 6.07) is 0. The number of hydrogen-bond donors (Lipinski definition) is 2. The normalized spacial score (nSPS) is 10.6. The molecule has 8 heteroatoms. The lowest BCUT2D eigenvalue weighted by Gasteiger charge is -2.07. The molecule has 0 saturated heterocycles. The Morgan fingerprint density at radius 3 is 1.46 bits per heavy atom. The van der Waals surface area contributed by atoms with Crippen molar-refractivity contribution in [3.8, 4) is 0 Å². The highest BCUT2D eigenvalue weighted by atomic mass is 79.9. The number of thioether (sulfide) groups is 2. The molecule has 0 atom stereocenters. The maximum absolute atomic E-state index is 11.6. The first-order valence-corrected chi connectivity index (χ1v) is 13.1. The van der Waals surface area contributed by atoms with Crippen molar-refractivity contribution in [1.82, 2.24) is 10.6 Å². The van der Waals surface area contributed by atoms with Gasteiger partial charge in [-0.2, -0.15) is 23.5 Å². The first kappa shape index (κ1) is 24.6. The van der Waals surface area contributed by atoms with Crippen LogP contribution in [0.15, 0.2) is 0 Å². The Hall–Kier alpha value is 0.600. The number of alkyl halides is 2. The summed E-state index contributed by atoms with van der Waals surface area (Å²) in [4.78, 5) is 23.3. The van der Waals surface area contributed by atoms with Crippen LogP contribution in [-0.4, -0.2) is 58.6 Å². The molecule has 0 aromatic rings. The molecule has 0 unspecified atom stereocenters. The molecular weight excluding hydrogens is 476 g/mol. The summed E-state index contributed by atoms with van der Waals surface area (Å²) in [5, 5.41) is 7.77. The van der Waals surface area contributed by atoms with Gasteiger partial charge in [-0.25, -0.2) is 0 Å². The molecule has 24 heavy (non-hydrogen) atoms. The first-order chi connectivity index (χ1) is 11.7. The van der Waals surface area contributed by atoms with Crippen molar-refractivity contribution in [3.63, 3.8) is 0 Å². The van der Waals surface area contributed by atoms with Gasteiger partial charge in [-0.3, -0.25) is 9.59 Å². The average Bonchev–Trinajstić information content (AvgIpc) is 2.58. The fraction of sp³-hybridized carbons (Fsp3) is 0.875. The highest BCUT2D eigenvalue weighted by Crippen LogP contribution is 2.07. The summed E-state index contributed by atoms with van der Waals surface area (Å²) in [6.07, 6.45) is 5.18. The predicted molar refractivity (Wildman–Crippen MR) is 116 cm³/mol. The van der Waals surface area contributed by atoms with Gasteiger partial charge in [0.2, 0.25) is 11.8 Å². The molecule has 0 saturated carbocycles. The number of unbranched alkanes of at least 4 members (excludes halogenated alkanes) is 2. The summed E-state index contributed by atoms with van der Waals surface area (Å²) in [5.41, 5.74) is 0. The Kier molecular flexibility index (Phi) is 20.4. The van der Waals surface area contributed by atoms with Gasteiger partial charge < -0.3 is 10.6 Å². The second kappa shape index (κ2) is 19.9. The van der Waals surface area contributed by atoms with E-state index in [-0.39, 0.29) is 11.8 Å². The molecule has 0 spiro atoms. The van der Waals surface area contributed by atoms with Crippen molar-refractivity contribution in [3.05, 3.63) is 0 Å². The first-order valence-electron chi connectivity index (χ1n) is 8.51. The van der Waals surface area contributed by atoms with E-state index in [1.807, 2.05) is 23.5 Å². The third-order valence-corrected chi connectivity index (χ3v) is 7.08. The molecule has 0 heterocycles. The molecule has 0 aliphatic heterocycles. The Labute approximate surface area is 172 Å². The van der Waals surface area contributed by atoms with Crippen LogP contribution < -0.4 is 10.6 Å². The van der Waals surface area contributed by atoms with Crippen LogP contribution in [0.4, 0.5) is 0 Å². The van der Waals surface area contributed by atoms with E-state index in [2.05, 4.69) is 42.5 Å². The maximum Gasteiger partial charge on any atom is 0.220 e. The molecule has 0 aromatic heterocycles. The Morgan fingerprint density at radius 1 is 0.667 bits per heavy atom. The third kappa shape index (κ3) is 18.9. The van der Waals surface area contributed by atoms with Crippen molar-refractivity contribution < 1.29 is 9.59 Å². The molecule has 0 radical (unpaired) electrons. The van der Waals surface area contributed by atoms with E-state index < -0.39 is 0 Å². The van der Waals surface area contributed by atoms with E-state index in [4.69, 9.17) is 0 Å². The Balaban J connectivity index is 3.31. The fourth-order valence-electron chi connectivity index (χ4n) is 1.87. The fourth-order valence-corrected chi connectivity index (χ4v) is 4.69. The van der Waals surface area contributed by atoms with Crippen molar-refractivity contribution in [2.24, 2.45) is 0 Å². The Bertz CT molecular complexity index is 294. The number of nitrogens with one attached hydrogen (secondary N) is 2. The van der Waals surface area contributed by atoms with Gasteiger partial charge in [0, 0.05) is 48.1 Å². The number of hydrogen-bond acceptors (Lipinski definition) is 4. The van der Waals surface area contributed by atoms with Crippen molar-refractivity contribution in [2.45, 2.75) is 38.5 Å². The van der Waals surface area contributed by atoms with Crippen LogP contribution in [0.1, 0.15) is 38.5 Å². The molecule has 2 amide bonds. The molecule has 0 aliphatic rings. The van der Waals surface area contributed by atoms with E-state index in [1.54, 1.807) is 0 Å². The Morgan fingerprint density at radius 2 is 1.08 bits per heavy atom. The molecule has 142 valence electrons. The van der Waals surface area contributed by atoms with Gasteiger partial charge in [-0.05, 0) is 37.2 Å². The van der Waals surface area contributed by atoms with Crippen molar-refractivity contribution in [1.29, 1.82) is 0 Å². The average molecular weight is 506 g/mol. The van der Waals surface area contributed by atoms with Gasteiger partial charge >= 0.3 is 0 Å². The third-order valence-electron chi connectivity index (χ3n) is 3.10. The van der Waals surface area contributed by atoms with E-state index in [0.717, 1.165) is 59.4 Å². The van der Waals surface area contributed by atoms with Crippen LogP contribution in [-0.2, 0) is 9.59 Å². The maximum atomic E-state index is 11.6. The minimum absolute atomic E-state index is 0.0820. The molecule has 0 aliphatic carbocycles. The minimum Gasteiger partial charge on any atom is -0.354 e. The molecule has 0 aromatic carbocycles. The lowest BCUT2D eigenvalue weighted by Crippen LogP contribution is -2.34. The largest absolute Gasteiger partial charge is 0.354 e. The van der Waals surface area contributed by atoms with Gasteiger partial charge in [-0.1, -0.05) is 31.9 Å². The van der Waals surface area contributed by atoms with E-state index >= 15 is 0 Å². The highest BCUT2D eigenvalue weighted by Gasteiger charge is 2.03. The summed E-state index contributed by atoms with van der Waals surface area (Å²) in [5.74, 6) is 4.65. The second-order valence-electron chi connectivity index (χ2n) is 5.22. The van der Waals surface area contributed by atoms with E-state index in [9.17, 15) is 9.59 Å². The smallest absolute Gasteiger partial charge is 0.220 e. The van der Waals surface area contributed by atoms with Crippen molar-refractivity contribution in [2.75, 3.05) is 46.8 Å². The number of amides is 2. The lowest BCUT2D eigenvalue weighted by atomic mass is 10.2. The lowest BCUT2D eigenvalue weighted by molar-refractivity contribution is -0.123. The molecule has 0 rings (SSSR count). The monoisotopic (exact) mass is 504 g/mol. The summed E-state index contributed by atoms with van der Waals surface area (Å²) >= 11 is 10.6. The molecule has 0 fully saturated rings. The van der Waals surface area contributed by atoms with Gasteiger partial charge in [0.05, 0.1) is 0 Å². The number of halogens is 2. The highest BCUT2D eigenvalue weighted by molar-refractivity contribution is 9.09. The van der Waals surface area contributed by atoms with Crippen LogP contribution in [0.5, 0.6) is 0 Å². The van der Waals surface area contributed by atoms with Crippen LogP contribution in [0.3, 0.4) is 0 Å². The molecular formula is C16H30Br2N2O2S2. The van der Waals surface area contributed by atoms with E-state index in [0.29, 0.717) is 25.9 Å². The minimum atomic E-state index is 0.0820. The number of rotatable bonds is 17. The second-order valence-corrected chi connectivity index (χ2v) is 9.25. The zero-order valence-electron chi connectivity index (χ0n) is 14.3. The van der Waals surface area contributed by atoms with Crippen LogP contribution in [0.25, 0.3) is 0 Å². The van der Waals surface area contributed by atoms with E-state index in [1.165, 1.54) is 0 Å². The van der Waals surface area contributed by atoms with Gasteiger partial charge in [-0.15, -0.1) is 0 Å². The standard InChI is InChI=1S/C16H30Br2N2O2S2/c17-7-13-23-11-3-1-5-15(21)19-9-10-20-16(22)6-2-4-12-24-14-8-18/h1-14H2,(H,19,21)(H,20,22). The van der Waals surface area contributed by atoms with Gasteiger partial charge in [0.15, 0.2) is 0 Å². The molecule has 4 nitrogen and oxygen atoms in total. The zero-order valence-corrected chi connectivity index (χ0v) is 19.1. The quantitative estimate of drug-likeness (QED) is 0.233. The molecule has 2 N–H and O–H groups in total. The zero-order chi connectivity index (χ0) is 17.9. The number of carbonyl (C=O) groups excluding carboxylic acids is 2. The topological polar surface area (TPSA) is 58.2 Å².